The van der Waals surface area contributed by atoms with Gasteiger partial charge < -0.3 is 24.6 Å². The molecular weight excluding hydrogens is 602 g/mol. The third kappa shape index (κ3) is 4.52. The van der Waals surface area contributed by atoms with Crippen molar-refractivity contribution in [2.45, 2.75) is 74.8 Å². The molecule has 1 saturated carbocycles. The van der Waals surface area contributed by atoms with Crippen LogP contribution in [0.3, 0.4) is 0 Å². The topological polar surface area (TPSA) is 107 Å². The highest BCUT2D eigenvalue weighted by Gasteiger charge is 2.49. The smallest absolute Gasteiger partial charge is 0.263 e. The zero-order valence-corrected chi connectivity index (χ0v) is 26.0. The molecule has 9 rings (SSSR count). The molecule has 242 valence electrons. The normalized spacial score (nSPS) is 27.1. The molecule has 2 N–H and O–H groups in total. The highest BCUT2D eigenvalue weighted by atomic mass is 19.1. The van der Waals surface area contributed by atoms with Gasteiger partial charge in [-0.25, -0.2) is 13.8 Å². The van der Waals surface area contributed by atoms with Gasteiger partial charge in [-0.05, 0) is 68.0 Å². The van der Waals surface area contributed by atoms with Gasteiger partial charge in [0.15, 0.2) is 5.82 Å². The van der Waals surface area contributed by atoms with Crippen molar-refractivity contribution in [3.8, 4) is 29.0 Å². The van der Waals surface area contributed by atoms with Gasteiger partial charge in [-0.15, -0.1) is 0 Å². The number of anilines is 1. The number of nitrogens with zero attached hydrogens (tertiary/aromatic N) is 5. The number of aromatic hydroxyl groups is 1. The van der Waals surface area contributed by atoms with E-state index in [0.29, 0.717) is 48.1 Å². The summed E-state index contributed by atoms with van der Waals surface area (Å²) < 4.78 is 40.0. The Morgan fingerprint density at radius 3 is 2.68 bits per heavy atom. The zero-order valence-electron chi connectivity index (χ0n) is 26.0. The lowest BCUT2D eigenvalue weighted by Gasteiger charge is -2.36. The number of nitriles is 1. The number of hydrogen-bond donors (Lipinski definition) is 2. The number of fused-ring (bicyclic) bond motifs is 5. The van der Waals surface area contributed by atoms with Crippen molar-refractivity contribution in [3.63, 3.8) is 0 Å². The Morgan fingerprint density at radius 1 is 1.13 bits per heavy atom. The first kappa shape index (κ1) is 28.9. The largest absolute Gasteiger partial charge is 0.508 e. The van der Waals surface area contributed by atoms with Gasteiger partial charge in [0.2, 0.25) is 5.88 Å². The Hall–Kier alpha value is -4.27. The Labute approximate surface area is 270 Å². The fourth-order valence-electron chi connectivity index (χ4n) is 8.93. The molecule has 2 aromatic carbocycles. The van der Waals surface area contributed by atoms with Crippen LogP contribution in [0.4, 0.5) is 14.5 Å². The van der Waals surface area contributed by atoms with E-state index < -0.39 is 23.1 Å². The van der Waals surface area contributed by atoms with E-state index in [4.69, 9.17) is 4.74 Å². The number of pyridine rings is 2. The number of phenols is 1. The van der Waals surface area contributed by atoms with Gasteiger partial charge in [-0.3, -0.25) is 9.69 Å². The number of ether oxygens (including phenoxy) is 1. The summed E-state index contributed by atoms with van der Waals surface area (Å²) in [4.78, 5) is 23.6. The Morgan fingerprint density at radius 2 is 1.91 bits per heavy atom. The molecule has 6 heterocycles. The number of benzene rings is 2. The summed E-state index contributed by atoms with van der Waals surface area (Å²) >= 11 is 0. The molecule has 0 radical (unpaired) electrons. The van der Waals surface area contributed by atoms with Crippen LogP contribution in [0.2, 0.25) is 0 Å². The predicted molar refractivity (Wildman–Crippen MR) is 174 cm³/mol. The summed E-state index contributed by atoms with van der Waals surface area (Å²) in [5.41, 5.74) is -0.102. The minimum Gasteiger partial charge on any atom is -0.508 e. The van der Waals surface area contributed by atoms with Crippen molar-refractivity contribution in [1.82, 2.24) is 19.8 Å². The molecule has 9 nitrogen and oxygen atoms in total. The minimum absolute atomic E-state index is 0.0291. The number of hydrogen-bond acceptors (Lipinski definition) is 8. The van der Waals surface area contributed by atoms with Crippen LogP contribution in [-0.2, 0) is 0 Å². The SMILES string of the molecule is N#Cc1c(OC[C@@]23CCCN2C[C@H](F)C3)nc2c(F)c(-c3cc(O)cc4ccccc34)n(C3CC3)c(=O)c2c1N1CC2CCC(C1)N2. The lowest BCUT2D eigenvalue weighted by atomic mass is 9.95. The molecule has 4 aliphatic heterocycles. The fourth-order valence-corrected chi connectivity index (χ4v) is 8.93. The first-order valence-corrected chi connectivity index (χ1v) is 16.8. The first-order chi connectivity index (χ1) is 22.8. The average molecular weight is 639 g/mol. The summed E-state index contributed by atoms with van der Waals surface area (Å²) in [6.45, 7) is 2.39. The van der Waals surface area contributed by atoms with E-state index in [9.17, 15) is 19.6 Å². The molecule has 5 aliphatic rings. The van der Waals surface area contributed by atoms with Crippen LogP contribution in [0.1, 0.15) is 56.6 Å². The molecule has 1 aliphatic carbocycles. The number of aromatic nitrogens is 2. The fraction of sp³-hybridized carbons (Fsp3) is 0.472. The number of nitrogens with one attached hydrogen (secondary N) is 1. The van der Waals surface area contributed by atoms with Gasteiger partial charge in [0.1, 0.15) is 35.7 Å². The zero-order chi connectivity index (χ0) is 32.0. The number of phenolic OH excluding ortho intramolecular Hbond substituents is 1. The van der Waals surface area contributed by atoms with Gasteiger partial charge in [0, 0.05) is 49.7 Å². The third-order valence-corrected chi connectivity index (χ3v) is 11.1. The van der Waals surface area contributed by atoms with Crippen molar-refractivity contribution < 1.29 is 18.6 Å². The molecule has 2 aromatic heterocycles. The molecule has 4 atom stereocenters. The molecule has 2 bridgehead atoms. The third-order valence-electron chi connectivity index (χ3n) is 11.1. The van der Waals surface area contributed by atoms with Crippen molar-refractivity contribution in [3.05, 3.63) is 58.1 Å². The lowest BCUT2D eigenvalue weighted by Crippen LogP contribution is -2.51. The maximum absolute atomic E-state index is 17.4. The summed E-state index contributed by atoms with van der Waals surface area (Å²) in [5, 5.41) is 26.5. The molecule has 4 aromatic rings. The molecule has 2 unspecified atom stereocenters. The lowest BCUT2D eigenvalue weighted by molar-refractivity contribution is 0.110. The highest BCUT2D eigenvalue weighted by Crippen LogP contribution is 2.46. The Bertz CT molecular complexity index is 2050. The Balaban J connectivity index is 1.30. The highest BCUT2D eigenvalue weighted by molar-refractivity contribution is 6.02. The average Bonchev–Trinajstić information content (AvgIpc) is 3.64. The number of rotatable bonds is 6. The maximum atomic E-state index is 17.4. The van der Waals surface area contributed by atoms with E-state index in [-0.39, 0.29) is 58.5 Å². The second-order valence-corrected chi connectivity index (χ2v) is 14.2. The van der Waals surface area contributed by atoms with E-state index in [1.54, 1.807) is 6.07 Å². The molecule has 4 saturated heterocycles. The van der Waals surface area contributed by atoms with Crippen molar-refractivity contribution in [2.75, 3.05) is 37.7 Å². The van der Waals surface area contributed by atoms with Gasteiger partial charge >= 0.3 is 0 Å². The summed E-state index contributed by atoms with van der Waals surface area (Å²) in [6.07, 6.45) is 4.48. The predicted octanol–water partition coefficient (Wildman–Crippen LogP) is 5.16. The maximum Gasteiger partial charge on any atom is 0.263 e. The second-order valence-electron chi connectivity index (χ2n) is 14.2. The molecule has 5 fully saturated rings. The first-order valence-electron chi connectivity index (χ1n) is 16.8. The van der Waals surface area contributed by atoms with Crippen molar-refractivity contribution >= 4 is 27.4 Å². The van der Waals surface area contributed by atoms with Crippen LogP contribution < -0.4 is 20.5 Å². The van der Waals surface area contributed by atoms with E-state index in [1.165, 1.54) is 10.6 Å². The van der Waals surface area contributed by atoms with Crippen molar-refractivity contribution in [1.29, 1.82) is 5.26 Å². The van der Waals surface area contributed by atoms with E-state index in [0.717, 1.165) is 45.1 Å². The van der Waals surface area contributed by atoms with Crippen LogP contribution in [0, 0.1) is 17.1 Å². The number of alkyl halides is 1. The van der Waals surface area contributed by atoms with Crippen molar-refractivity contribution in [2.24, 2.45) is 0 Å². The van der Waals surface area contributed by atoms with E-state index in [2.05, 4.69) is 21.3 Å². The summed E-state index contributed by atoms with van der Waals surface area (Å²) in [5.74, 6) is -0.759. The molecule has 11 heteroatoms. The second kappa shape index (κ2) is 10.6. The molecular formula is C36H36F2N6O3. The summed E-state index contributed by atoms with van der Waals surface area (Å²) in [6, 6.07) is 13.0. The molecule has 0 amide bonds. The van der Waals surface area contributed by atoms with Crippen LogP contribution in [0.15, 0.2) is 41.2 Å². The van der Waals surface area contributed by atoms with Gasteiger partial charge in [0.05, 0.1) is 22.3 Å². The van der Waals surface area contributed by atoms with Crippen LogP contribution in [-0.4, -0.2) is 76.1 Å². The van der Waals surface area contributed by atoms with Gasteiger partial charge in [-0.1, -0.05) is 24.3 Å². The molecule has 47 heavy (non-hydrogen) atoms. The van der Waals surface area contributed by atoms with Gasteiger partial charge in [0.25, 0.3) is 5.56 Å². The quantitative estimate of drug-likeness (QED) is 0.298. The van der Waals surface area contributed by atoms with E-state index in [1.807, 2.05) is 29.2 Å². The Kier molecular flexibility index (Phi) is 6.53. The standard InChI is InChI=1S/C36H36F2N6O3/c37-21-14-36(10-3-11-43(36)16-21)19-47-34-28(15-39)32(42-17-22-6-7-23(18-42)40-22)29-31(41-34)30(38)33(44(35(29)46)24-8-9-24)27-13-25(45)12-20-4-1-2-5-26(20)27/h1-2,4-5,12-13,21-24,40,45H,3,6-11,14,16-19H2/t21-,22?,23?,36+/m1/s1. The van der Waals surface area contributed by atoms with E-state index >= 15 is 4.39 Å². The number of piperazine rings is 1. The van der Waals surface area contributed by atoms with Crippen LogP contribution in [0.25, 0.3) is 32.9 Å². The number of halogens is 2. The van der Waals surface area contributed by atoms with Gasteiger partial charge in [-0.2, -0.15) is 5.26 Å². The minimum atomic E-state index is -0.955. The summed E-state index contributed by atoms with van der Waals surface area (Å²) in [7, 11) is 0. The molecule has 0 spiro atoms. The van der Waals surface area contributed by atoms with Crippen LogP contribution >= 0.6 is 0 Å². The van der Waals surface area contributed by atoms with Crippen LogP contribution in [0.5, 0.6) is 11.6 Å². The monoisotopic (exact) mass is 638 g/mol.